The Morgan fingerprint density at radius 3 is 2.60 bits per heavy atom. The summed E-state index contributed by atoms with van der Waals surface area (Å²) in [6, 6.07) is 12.1. The highest BCUT2D eigenvalue weighted by atomic mass is 19.1. The van der Waals surface area contributed by atoms with Crippen molar-refractivity contribution in [1.29, 1.82) is 0 Å². The molecular formula is C31H32FN9O4. The maximum Gasteiger partial charge on any atom is 0.276 e. The molecular weight excluding hydrogens is 581 g/mol. The number of rotatable bonds is 8. The van der Waals surface area contributed by atoms with E-state index in [1.807, 2.05) is 30.3 Å². The van der Waals surface area contributed by atoms with Crippen LogP contribution in [0.3, 0.4) is 0 Å². The van der Waals surface area contributed by atoms with Crippen molar-refractivity contribution in [1.82, 2.24) is 34.4 Å². The molecule has 232 valence electrons. The molecule has 3 fully saturated rings. The molecule has 0 unspecified atom stereocenters. The van der Waals surface area contributed by atoms with Crippen LogP contribution in [0.4, 0.5) is 21.8 Å². The average molecular weight is 614 g/mol. The van der Waals surface area contributed by atoms with Crippen molar-refractivity contribution in [2.24, 2.45) is 0 Å². The van der Waals surface area contributed by atoms with Crippen LogP contribution in [0.15, 0.2) is 58.0 Å². The lowest BCUT2D eigenvalue weighted by molar-refractivity contribution is 0.0154. The van der Waals surface area contributed by atoms with Gasteiger partial charge in [-0.2, -0.15) is 9.97 Å². The SMILES string of the molecule is O=c1c2ccc(Nc3ncc(-c4nc(C56CCN(CC5)CC6)no4)c(N[C@H](CO)c4ccccc4)n3)c(F)c2n2n1COCC2. The Morgan fingerprint density at radius 1 is 1.02 bits per heavy atom. The highest BCUT2D eigenvalue weighted by Crippen LogP contribution is 2.42. The number of aromatic nitrogens is 6. The number of aliphatic hydroxyl groups excluding tert-OH is 1. The number of benzene rings is 2. The maximum absolute atomic E-state index is 15.9. The van der Waals surface area contributed by atoms with Gasteiger partial charge in [0.2, 0.25) is 5.95 Å². The first-order valence-corrected chi connectivity index (χ1v) is 15.2. The number of aliphatic hydroxyl groups is 1. The Morgan fingerprint density at radius 2 is 1.82 bits per heavy atom. The van der Waals surface area contributed by atoms with Crippen molar-refractivity contribution >= 4 is 28.4 Å². The predicted molar refractivity (Wildman–Crippen MR) is 163 cm³/mol. The van der Waals surface area contributed by atoms with Gasteiger partial charge in [-0.25, -0.2) is 14.1 Å². The Balaban J connectivity index is 1.17. The fraction of sp³-hybridized carbons (Fsp3) is 0.387. The number of hydrogen-bond acceptors (Lipinski definition) is 11. The molecule has 45 heavy (non-hydrogen) atoms. The summed E-state index contributed by atoms with van der Waals surface area (Å²) in [4.78, 5) is 29.3. The topological polar surface area (TPSA) is 148 Å². The molecule has 9 rings (SSSR count). The Hall–Kier alpha value is -4.66. The summed E-state index contributed by atoms with van der Waals surface area (Å²) in [5.41, 5.74) is 1.20. The normalized spacial score (nSPS) is 21.5. The molecule has 0 spiro atoms. The van der Waals surface area contributed by atoms with Crippen molar-refractivity contribution in [2.45, 2.75) is 44.0 Å². The predicted octanol–water partition coefficient (Wildman–Crippen LogP) is 3.40. The number of nitrogens with one attached hydrogen (secondary N) is 2. The molecule has 0 radical (unpaired) electrons. The Bertz CT molecular complexity index is 1920. The third-order valence-electron chi connectivity index (χ3n) is 9.37. The molecule has 14 heteroatoms. The molecule has 4 aliphatic rings. The zero-order valence-electron chi connectivity index (χ0n) is 24.4. The van der Waals surface area contributed by atoms with E-state index in [1.54, 1.807) is 16.9 Å². The standard InChI is InChI=1S/C31H32FN9O4/c32-24-22(7-6-20-25(24)40-14-15-44-18-41(40)28(20)43)35-30-33-16-21(26(36-30)34-23(17-42)19-4-2-1-3-5-19)27-37-29(38-45-27)31-8-11-39(12-9-31)13-10-31/h1-7,16,23,42H,8-15,17-18H2,(H2,33,34,35,36)/t23-/m1/s1. The first-order chi connectivity index (χ1) is 22.0. The van der Waals surface area contributed by atoms with Gasteiger partial charge >= 0.3 is 0 Å². The van der Waals surface area contributed by atoms with Crippen LogP contribution in [-0.2, 0) is 23.4 Å². The van der Waals surface area contributed by atoms with E-state index >= 15 is 4.39 Å². The van der Waals surface area contributed by atoms with Crippen LogP contribution in [0.25, 0.3) is 22.4 Å². The van der Waals surface area contributed by atoms with E-state index < -0.39 is 11.9 Å². The molecule has 0 amide bonds. The number of piperidine rings is 3. The summed E-state index contributed by atoms with van der Waals surface area (Å²) >= 11 is 0. The minimum atomic E-state index is -0.593. The van der Waals surface area contributed by atoms with Crippen molar-refractivity contribution < 1.29 is 18.8 Å². The summed E-state index contributed by atoms with van der Waals surface area (Å²) in [6.07, 6.45) is 4.50. The van der Waals surface area contributed by atoms with E-state index in [0.29, 0.717) is 30.4 Å². The van der Waals surface area contributed by atoms with Gasteiger partial charge in [-0.05, 0) is 56.6 Å². The molecule has 3 aromatic heterocycles. The summed E-state index contributed by atoms with van der Waals surface area (Å²) in [5, 5.41) is 21.3. The Labute approximate surface area is 256 Å². The number of anilines is 3. The number of nitrogens with zero attached hydrogens (tertiary/aromatic N) is 7. The maximum atomic E-state index is 15.9. The summed E-state index contributed by atoms with van der Waals surface area (Å²) < 4.78 is 30.1. The molecule has 3 saturated heterocycles. The molecule has 2 bridgehead atoms. The van der Waals surface area contributed by atoms with Crippen LogP contribution in [0.2, 0.25) is 0 Å². The summed E-state index contributed by atoms with van der Waals surface area (Å²) in [6.45, 7) is 3.65. The van der Waals surface area contributed by atoms with Crippen LogP contribution in [0.5, 0.6) is 0 Å². The van der Waals surface area contributed by atoms with Crippen LogP contribution < -0.4 is 16.2 Å². The van der Waals surface area contributed by atoms with Gasteiger partial charge in [0.05, 0.1) is 36.9 Å². The van der Waals surface area contributed by atoms with Gasteiger partial charge in [0, 0.05) is 11.6 Å². The van der Waals surface area contributed by atoms with Crippen molar-refractivity contribution in [3.63, 3.8) is 0 Å². The third-order valence-corrected chi connectivity index (χ3v) is 9.37. The molecule has 5 aromatic rings. The lowest BCUT2D eigenvalue weighted by Crippen LogP contribution is -2.51. The second-order valence-corrected chi connectivity index (χ2v) is 11.9. The average Bonchev–Trinajstić information content (AvgIpc) is 3.71. The van der Waals surface area contributed by atoms with E-state index in [1.165, 1.54) is 10.7 Å². The summed E-state index contributed by atoms with van der Waals surface area (Å²) in [7, 11) is 0. The van der Waals surface area contributed by atoms with Crippen molar-refractivity contribution in [2.75, 3.05) is 43.5 Å². The lowest BCUT2D eigenvalue weighted by atomic mass is 9.71. The zero-order chi connectivity index (χ0) is 30.5. The first kappa shape index (κ1) is 27.9. The van der Waals surface area contributed by atoms with Gasteiger partial charge in [-0.1, -0.05) is 35.5 Å². The smallest absolute Gasteiger partial charge is 0.276 e. The van der Waals surface area contributed by atoms with Gasteiger partial charge in [0.25, 0.3) is 11.4 Å². The molecule has 3 N–H and O–H groups in total. The van der Waals surface area contributed by atoms with Gasteiger partial charge in [-0.15, -0.1) is 0 Å². The molecule has 0 saturated carbocycles. The monoisotopic (exact) mass is 613 g/mol. The van der Waals surface area contributed by atoms with Crippen molar-refractivity contribution in [3.05, 3.63) is 76.2 Å². The Kier molecular flexibility index (Phi) is 6.84. The largest absolute Gasteiger partial charge is 0.394 e. The van der Waals surface area contributed by atoms with Gasteiger partial charge in [-0.3, -0.25) is 9.48 Å². The molecule has 1 atom stereocenters. The van der Waals surface area contributed by atoms with E-state index in [-0.39, 0.29) is 52.7 Å². The highest BCUT2D eigenvalue weighted by molar-refractivity contribution is 5.84. The van der Waals surface area contributed by atoms with E-state index in [4.69, 9.17) is 19.2 Å². The van der Waals surface area contributed by atoms with Gasteiger partial charge in [0.1, 0.15) is 23.6 Å². The first-order valence-electron chi connectivity index (χ1n) is 15.2. The minimum Gasteiger partial charge on any atom is -0.394 e. The van der Waals surface area contributed by atoms with Crippen molar-refractivity contribution in [3.8, 4) is 11.5 Å². The fourth-order valence-electron chi connectivity index (χ4n) is 6.74. The van der Waals surface area contributed by atoms with Gasteiger partial charge in [0.15, 0.2) is 11.6 Å². The van der Waals surface area contributed by atoms with Crippen LogP contribution in [0.1, 0.15) is 36.7 Å². The molecule has 2 aromatic carbocycles. The third kappa shape index (κ3) is 4.76. The molecule has 7 heterocycles. The highest BCUT2D eigenvalue weighted by Gasteiger charge is 2.44. The van der Waals surface area contributed by atoms with Gasteiger partial charge < -0.3 is 29.9 Å². The number of hydrogen-bond donors (Lipinski definition) is 3. The second kappa shape index (κ2) is 11.1. The lowest BCUT2D eigenvalue weighted by Gasteiger charge is -2.46. The summed E-state index contributed by atoms with van der Waals surface area (Å²) in [5.74, 6) is 0.799. The quantitative estimate of drug-likeness (QED) is 0.237. The van der Waals surface area contributed by atoms with Crippen LogP contribution >= 0.6 is 0 Å². The zero-order valence-corrected chi connectivity index (χ0v) is 24.4. The van der Waals surface area contributed by atoms with E-state index in [2.05, 4.69) is 25.7 Å². The van der Waals surface area contributed by atoms with Crippen LogP contribution in [-0.4, -0.2) is 72.3 Å². The molecule has 0 aliphatic carbocycles. The second-order valence-electron chi connectivity index (χ2n) is 11.9. The molecule has 13 nitrogen and oxygen atoms in total. The molecule has 4 aliphatic heterocycles. The van der Waals surface area contributed by atoms with E-state index in [0.717, 1.165) is 44.5 Å². The van der Waals surface area contributed by atoms with Crippen LogP contribution in [0, 0.1) is 5.82 Å². The number of ether oxygens (including phenoxy) is 1. The number of fused-ring (bicyclic) bond motifs is 6. The number of halogens is 1. The fourth-order valence-corrected chi connectivity index (χ4v) is 6.74. The minimum absolute atomic E-state index is 0.0692. The van der Waals surface area contributed by atoms with E-state index in [9.17, 15) is 9.90 Å².